The standard InChI is InChI=1S/C29H28N4O3/c1-22-11-13-24(14-12-22)28(34)32-27(29(35)31-15-6-17-33-18-16-30-21-33)20-23-7-5-10-26(19-23)36-25-8-3-2-4-9-25/h2-5,7-14,16,18-21H,6,15,17H2,1H3,(H,31,35)(H,32,34). The van der Waals surface area contributed by atoms with Gasteiger partial charge in [-0.05, 0) is 61.4 Å². The lowest BCUT2D eigenvalue weighted by atomic mass is 10.1. The van der Waals surface area contributed by atoms with Crippen LogP contribution in [0.4, 0.5) is 0 Å². The first-order valence-electron chi connectivity index (χ1n) is 11.7. The molecular weight excluding hydrogens is 452 g/mol. The van der Waals surface area contributed by atoms with Crippen LogP contribution in [0.1, 0.15) is 27.9 Å². The highest BCUT2D eigenvalue weighted by Crippen LogP contribution is 2.22. The molecule has 0 saturated carbocycles. The summed E-state index contributed by atoms with van der Waals surface area (Å²) in [5.41, 5.74) is 2.39. The van der Waals surface area contributed by atoms with Gasteiger partial charge in [0, 0.05) is 31.0 Å². The molecule has 0 fully saturated rings. The van der Waals surface area contributed by atoms with Gasteiger partial charge in [0.05, 0.1) is 6.33 Å². The lowest BCUT2D eigenvalue weighted by Gasteiger charge is -2.12. The predicted octanol–water partition coefficient (Wildman–Crippen LogP) is 4.96. The van der Waals surface area contributed by atoms with Crippen molar-refractivity contribution in [3.63, 3.8) is 0 Å². The molecule has 182 valence electrons. The molecular formula is C29H28N4O3. The maximum Gasteiger partial charge on any atom is 0.267 e. The Morgan fingerprint density at radius 3 is 2.50 bits per heavy atom. The van der Waals surface area contributed by atoms with Gasteiger partial charge in [0.1, 0.15) is 17.2 Å². The maximum absolute atomic E-state index is 13.1. The van der Waals surface area contributed by atoms with Crippen LogP contribution in [-0.4, -0.2) is 27.9 Å². The van der Waals surface area contributed by atoms with Crippen molar-refractivity contribution >= 4 is 17.9 Å². The minimum Gasteiger partial charge on any atom is -0.457 e. The van der Waals surface area contributed by atoms with Crippen molar-refractivity contribution in [2.75, 3.05) is 6.54 Å². The zero-order valence-corrected chi connectivity index (χ0v) is 20.1. The van der Waals surface area contributed by atoms with Crippen LogP contribution in [0.15, 0.2) is 103 Å². The van der Waals surface area contributed by atoms with Gasteiger partial charge >= 0.3 is 0 Å². The number of carbonyl (C=O) groups is 2. The second-order valence-electron chi connectivity index (χ2n) is 8.28. The van der Waals surface area contributed by atoms with E-state index in [9.17, 15) is 9.59 Å². The van der Waals surface area contributed by atoms with E-state index >= 15 is 0 Å². The lowest BCUT2D eigenvalue weighted by molar-refractivity contribution is -0.117. The van der Waals surface area contributed by atoms with Gasteiger partial charge in [-0.3, -0.25) is 9.59 Å². The minimum atomic E-state index is -0.365. The van der Waals surface area contributed by atoms with Crippen LogP contribution in [0.3, 0.4) is 0 Å². The molecule has 7 nitrogen and oxygen atoms in total. The molecule has 0 aliphatic carbocycles. The van der Waals surface area contributed by atoms with Gasteiger partial charge in [-0.1, -0.05) is 48.0 Å². The highest BCUT2D eigenvalue weighted by molar-refractivity contribution is 6.05. The number of nitrogens with one attached hydrogen (secondary N) is 2. The first kappa shape index (κ1) is 24.5. The number of imidazole rings is 1. The molecule has 0 spiro atoms. The molecule has 0 bridgehead atoms. The molecule has 7 heteroatoms. The largest absolute Gasteiger partial charge is 0.457 e. The van der Waals surface area contributed by atoms with Gasteiger partial charge in [0.25, 0.3) is 11.8 Å². The van der Waals surface area contributed by atoms with Crippen molar-refractivity contribution in [3.05, 3.63) is 120 Å². The third-order valence-electron chi connectivity index (χ3n) is 5.39. The summed E-state index contributed by atoms with van der Waals surface area (Å²) in [4.78, 5) is 30.0. The topological polar surface area (TPSA) is 85.2 Å². The van der Waals surface area contributed by atoms with Crippen LogP contribution in [0, 0.1) is 6.92 Å². The third-order valence-corrected chi connectivity index (χ3v) is 5.39. The average molecular weight is 481 g/mol. The normalized spacial score (nSPS) is 11.1. The van der Waals surface area contributed by atoms with Gasteiger partial charge in [-0.2, -0.15) is 0 Å². The molecule has 0 aliphatic rings. The highest BCUT2D eigenvalue weighted by Gasteiger charge is 2.15. The second kappa shape index (κ2) is 12.2. The van der Waals surface area contributed by atoms with Crippen LogP contribution in [0.5, 0.6) is 11.5 Å². The number of ether oxygens (including phenoxy) is 1. The van der Waals surface area contributed by atoms with Gasteiger partial charge < -0.3 is 19.9 Å². The van der Waals surface area contributed by atoms with E-state index in [1.807, 2.05) is 84.4 Å². The SMILES string of the molecule is Cc1ccc(C(=O)NC(=Cc2cccc(Oc3ccccc3)c2)C(=O)NCCCn2ccnc2)cc1. The van der Waals surface area contributed by atoms with Crippen molar-refractivity contribution in [2.45, 2.75) is 19.9 Å². The van der Waals surface area contributed by atoms with Crippen LogP contribution in [0.25, 0.3) is 6.08 Å². The molecule has 0 saturated heterocycles. The molecule has 0 unspecified atom stereocenters. The Hall–Kier alpha value is -4.65. The fourth-order valence-corrected chi connectivity index (χ4v) is 3.49. The summed E-state index contributed by atoms with van der Waals surface area (Å²) < 4.78 is 7.86. The fraction of sp³-hybridized carbons (Fsp3) is 0.138. The van der Waals surface area contributed by atoms with Crippen molar-refractivity contribution in [1.82, 2.24) is 20.2 Å². The molecule has 1 aromatic heterocycles. The van der Waals surface area contributed by atoms with E-state index in [4.69, 9.17) is 4.74 Å². The number of nitrogens with zero attached hydrogens (tertiary/aromatic N) is 2. The van der Waals surface area contributed by atoms with Gasteiger partial charge in [0.15, 0.2) is 0 Å². The van der Waals surface area contributed by atoms with Crippen molar-refractivity contribution in [1.29, 1.82) is 0 Å². The van der Waals surface area contributed by atoms with Crippen molar-refractivity contribution < 1.29 is 14.3 Å². The quantitative estimate of drug-likeness (QED) is 0.248. The second-order valence-corrected chi connectivity index (χ2v) is 8.28. The molecule has 4 aromatic rings. The summed E-state index contributed by atoms with van der Waals surface area (Å²) in [6.07, 6.45) is 7.70. The molecule has 2 N–H and O–H groups in total. The van der Waals surface area contributed by atoms with E-state index in [0.717, 1.165) is 24.1 Å². The first-order valence-corrected chi connectivity index (χ1v) is 11.7. The number of benzene rings is 3. The number of para-hydroxylation sites is 1. The average Bonchev–Trinajstić information content (AvgIpc) is 3.41. The zero-order chi connectivity index (χ0) is 25.2. The number of rotatable bonds is 10. The predicted molar refractivity (Wildman–Crippen MR) is 139 cm³/mol. The highest BCUT2D eigenvalue weighted by atomic mass is 16.5. The zero-order valence-electron chi connectivity index (χ0n) is 20.1. The van der Waals surface area contributed by atoms with Crippen LogP contribution in [-0.2, 0) is 11.3 Å². The third kappa shape index (κ3) is 7.17. The Balaban J connectivity index is 1.50. The van der Waals surface area contributed by atoms with Gasteiger partial charge in [-0.15, -0.1) is 0 Å². The molecule has 4 rings (SSSR count). The molecule has 0 aliphatic heterocycles. The number of hydrogen-bond donors (Lipinski definition) is 2. The van der Waals surface area contributed by atoms with Crippen LogP contribution < -0.4 is 15.4 Å². The summed E-state index contributed by atoms with van der Waals surface area (Å²) in [7, 11) is 0. The minimum absolute atomic E-state index is 0.153. The maximum atomic E-state index is 13.1. The Bertz CT molecular complexity index is 1310. The number of hydrogen-bond acceptors (Lipinski definition) is 4. The van der Waals surface area contributed by atoms with Crippen molar-refractivity contribution in [3.8, 4) is 11.5 Å². The first-order chi connectivity index (χ1) is 17.6. The van der Waals surface area contributed by atoms with Crippen LogP contribution >= 0.6 is 0 Å². The molecule has 0 radical (unpaired) electrons. The number of aryl methyl sites for hydroxylation is 2. The van der Waals surface area contributed by atoms with E-state index in [1.165, 1.54) is 0 Å². The Labute approximate surface area is 210 Å². The summed E-state index contributed by atoms with van der Waals surface area (Å²) in [6, 6.07) is 24.0. The van der Waals surface area contributed by atoms with E-state index in [-0.39, 0.29) is 17.5 Å². The summed E-state index contributed by atoms with van der Waals surface area (Å²) in [5.74, 6) is 0.615. The molecule has 3 aromatic carbocycles. The van der Waals surface area contributed by atoms with Crippen LogP contribution in [0.2, 0.25) is 0 Å². The van der Waals surface area contributed by atoms with Gasteiger partial charge in [0.2, 0.25) is 0 Å². The van der Waals surface area contributed by atoms with Gasteiger partial charge in [-0.25, -0.2) is 4.98 Å². The number of aromatic nitrogens is 2. The lowest BCUT2D eigenvalue weighted by Crippen LogP contribution is -2.35. The molecule has 0 atom stereocenters. The van der Waals surface area contributed by atoms with E-state index in [0.29, 0.717) is 23.6 Å². The molecule has 2 amide bonds. The van der Waals surface area contributed by atoms with E-state index in [2.05, 4.69) is 15.6 Å². The number of amides is 2. The monoisotopic (exact) mass is 480 g/mol. The Morgan fingerprint density at radius 1 is 0.972 bits per heavy atom. The summed E-state index contributed by atoms with van der Waals surface area (Å²) in [5, 5.41) is 5.68. The number of carbonyl (C=O) groups excluding carboxylic acids is 2. The summed E-state index contributed by atoms with van der Waals surface area (Å²) in [6.45, 7) is 3.13. The smallest absolute Gasteiger partial charge is 0.267 e. The van der Waals surface area contributed by atoms with E-state index < -0.39 is 0 Å². The molecule has 36 heavy (non-hydrogen) atoms. The van der Waals surface area contributed by atoms with E-state index in [1.54, 1.807) is 30.7 Å². The Morgan fingerprint density at radius 2 is 1.75 bits per heavy atom. The fourth-order valence-electron chi connectivity index (χ4n) is 3.49. The summed E-state index contributed by atoms with van der Waals surface area (Å²) >= 11 is 0. The van der Waals surface area contributed by atoms with Crippen molar-refractivity contribution in [2.24, 2.45) is 0 Å². The molecule has 1 heterocycles. The Kier molecular flexibility index (Phi) is 8.27.